The van der Waals surface area contributed by atoms with Crippen molar-refractivity contribution >= 4 is 11.8 Å². The molecule has 2 saturated heterocycles. The lowest BCUT2D eigenvalue weighted by atomic mass is 9.79. The summed E-state index contributed by atoms with van der Waals surface area (Å²) < 4.78 is 18.6. The molecule has 0 aromatic rings. The maximum atomic E-state index is 13.6. The minimum absolute atomic E-state index is 0.0469. The van der Waals surface area contributed by atoms with Crippen LogP contribution in [-0.4, -0.2) is 131 Å². The van der Waals surface area contributed by atoms with E-state index in [1.165, 1.54) is 6.42 Å². The minimum Gasteiger partial charge on any atom is -0.462 e. The number of piperidine rings is 1. The fraction of sp³-hybridized carbons (Fsp3) is 0.842. The molecule has 11 nitrogen and oxygen atoms in total. The maximum Gasteiger partial charge on any atom is 0.308 e. The number of cyclic esters (lactones) is 1. The van der Waals surface area contributed by atoms with E-state index in [-0.39, 0.29) is 30.6 Å². The van der Waals surface area contributed by atoms with Crippen LogP contribution in [0.4, 0.5) is 0 Å². The van der Waals surface area contributed by atoms with E-state index < -0.39 is 66.8 Å². The number of nitrogens with zero attached hydrogens (tertiary/aromatic N) is 2. The Balaban J connectivity index is 2.04. The molecule has 49 heavy (non-hydrogen) atoms. The third-order valence-electron chi connectivity index (χ3n) is 10.9. The van der Waals surface area contributed by atoms with E-state index in [0.29, 0.717) is 31.1 Å². The standard InChI is InChI=1S/C38H66N2O9/c1-10-32-29(21-41)16-22(2)11-12-30(42)25(5)17-28(13-14-40-19-23(3)15-24(4)20-40)37(26(6)31(43)18-33(44)48-32)49-38-36(46)34(39(8)9)35(45)27(7)47-38/h11-12,16,23-29,31-32,34-38,41,43,45-46H,10,13-15,17-21H2,1-9H3/b12-11-,22-16-/t23?,24?,25-,26+,27-,28+,29-,31-,32-,34+,35-,36-,37-,38+/m1/s1. The van der Waals surface area contributed by atoms with Gasteiger partial charge in [0.15, 0.2) is 12.1 Å². The van der Waals surface area contributed by atoms with Crippen molar-refractivity contribution in [3.63, 3.8) is 0 Å². The summed E-state index contributed by atoms with van der Waals surface area (Å²) in [7, 11) is 3.56. The van der Waals surface area contributed by atoms with Gasteiger partial charge in [0.25, 0.3) is 0 Å². The summed E-state index contributed by atoms with van der Waals surface area (Å²) in [5.74, 6) is -1.20. The SMILES string of the molecule is CC[C@H]1OC(=O)C[C@@H](O)[C@H](C)[C@@H](O[C@@H]2O[C@H](C)[C@@H](O)[C@H](N(C)C)[C@H]2O)[C@@H](CCN2CC(C)CC(C)C2)C[C@@H](C)C(=O)/C=C\C(C)=C/[C@@H]1CO. The molecule has 4 N–H and O–H groups in total. The van der Waals surface area contributed by atoms with Crippen LogP contribution in [0.3, 0.4) is 0 Å². The van der Waals surface area contributed by atoms with Crippen LogP contribution in [0.2, 0.25) is 0 Å². The summed E-state index contributed by atoms with van der Waals surface area (Å²) in [6.07, 6.45) is 1.23. The summed E-state index contributed by atoms with van der Waals surface area (Å²) in [5.41, 5.74) is 0.774. The van der Waals surface area contributed by atoms with Gasteiger partial charge in [-0.2, -0.15) is 0 Å². The van der Waals surface area contributed by atoms with Gasteiger partial charge in [0.05, 0.1) is 43.5 Å². The zero-order chi connectivity index (χ0) is 36.6. The maximum absolute atomic E-state index is 13.6. The van der Waals surface area contributed by atoms with Crippen LogP contribution in [0, 0.1) is 35.5 Å². The molecule has 3 rings (SSSR count). The minimum atomic E-state index is -1.20. The van der Waals surface area contributed by atoms with Crippen molar-refractivity contribution in [3.05, 3.63) is 23.8 Å². The van der Waals surface area contributed by atoms with Crippen molar-refractivity contribution in [1.29, 1.82) is 0 Å². The zero-order valence-corrected chi connectivity index (χ0v) is 31.4. The summed E-state index contributed by atoms with van der Waals surface area (Å²) in [4.78, 5) is 31.0. The Morgan fingerprint density at radius 1 is 0.980 bits per heavy atom. The van der Waals surface area contributed by atoms with E-state index in [1.54, 1.807) is 38.1 Å². The van der Waals surface area contributed by atoms with Crippen molar-refractivity contribution in [3.8, 4) is 0 Å². The van der Waals surface area contributed by atoms with Gasteiger partial charge in [0.2, 0.25) is 0 Å². The molecule has 2 unspecified atom stereocenters. The summed E-state index contributed by atoms with van der Waals surface area (Å²) >= 11 is 0. The first-order valence-electron chi connectivity index (χ1n) is 18.5. The lowest BCUT2D eigenvalue weighted by Crippen LogP contribution is -2.63. The number of esters is 1. The topological polar surface area (TPSA) is 149 Å². The van der Waals surface area contributed by atoms with Crippen molar-refractivity contribution in [2.45, 2.75) is 130 Å². The molecular formula is C38H66N2O9. The number of carbonyl (C=O) groups excluding carboxylic acids is 2. The van der Waals surface area contributed by atoms with Crippen molar-refractivity contribution < 1.29 is 44.2 Å². The largest absolute Gasteiger partial charge is 0.462 e. The third kappa shape index (κ3) is 11.7. The van der Waals surface area contributed by atoms with E-state index in [1.807, 2.05) is 33.8 Å². The van der Waals surface area contributed by atoms with E-state index in [4.69, 9.17) is 14.2 Å². The molecule has 0 spiro atoms. The number of ether oxygens (including phenoxy) is 3. The van der Waals surface area contributed by atoms with Gasteiger partial charge in [-0.05, 0) is 84.0 Å². The van der Waals surface area contributed by atoms with Gasteiger partial charge in [-0.3, -0.25) is 9.59 Å². The number of hydrogen-bond donors (Lipinski definition) is 4. The Bertz CT molecular complexity index is 1100. The van der Waals surface area contributed by atoms with Gasteiger partial charge in [0, 0.05) is 30.8 Å². The second-order valence-electron chi connectivity index (χ2n) is 15.7. The monoisotopic (exact) mass is 694 g/mol. The molecule has 0 saturated carbocycles. The molecule has 2 fully saturated rings. The number of hydrogen-bond acceptors (Lipinski definition) is 11. The Kier molecular flexibility index (Phi) is 16.4. The molecular weight excluding hydrogens is 628 g/mol. The predicted molar refractivity (Wildman–Crippen MR) is 188 cm³/mol. The van der Waals surface area contributed by atoms with Crippen LogP contribution in [0.1, 0.15) is 80.6 Å². The van der Waals surface area contributed by atoms with Crippen molar-refractivity contribution in [2.24, 2.45) is 35.5 Å². The van der Waals surface area contributed by atoms with Gasteiger partial charge >= 0.3 is 5.97 Å². The summed E-state index contributed by atoms with van der Waals surface area (Å²) in [6.45, 7) is 16.2. The second-order valence-corrected chi connectivity index (χ2v) is 15.7. The molecule has 0 bridgehead atoms. The second kappa shape index (κ2) is 19.2. The van der Waals surface area contributed by atoms with Gasteiger partial charge < -0.3 is 44.4 Å². The highest BCUT2D eigenvalue weighted by Crippen LogP contribution is 2.35. The molecule has 0 aliphatic carbocycles. The molecule has 282 valence electrons. The van der Waals surface area contributed by atoms with Crippen molar-refractivity contribution in [1.82, 2.24) is 9.80 Å². The van der Waals surface area contributed by atoms with Crippen molar-refractivity contribution in [2.75, 3.05) is 40.3 Å². The van der Waals surface area contributed by atoms with Gasteiger partial charge in [-0.1, -0.05) is 52.3 Å². The Morgan fingerprint density at radius 2 is 1.63 bits per heavy atom. The van der Waals surface area contributed by atoms with Crippen LogP contribution < -0.4 is 0 Å². The quantitative estimate of drug-likeness (QED) is 0.278. The Morgan fingerprint density at radius 3 is 2.22 bits per heavy atom. The number of allylic oxidation sites excluding steroid dienone is 3. The van der Waals surface area contributed by atoms with E-state index in [0.717, 1.165) is 25.2 Å². The van der Waals surface area contributed by atoms with Crippen LogP contribution in [0.25, 0.3) is 0 Å². The number of carbonyl (C=O) groups is 2. The lowest BCUT2D eigenvalue weighted by Gasteiger charge is -2.47. The normalized spacial score (nSPS) is 42.8. The number of aliphatic hydroxyl groups excluding tert-OH is 4. The number of likely N-dealkylation sites (N-methyl/N-ethyl adjacent to an activating group) is 1. The van der Waals surface area contributed by atoms with Crippen LogP contribution in [0.15, 0.2) is 23.8 Å². The van der Waals surface area contributed by atoms with Crippen LogP contribution in [0.5, 0.6) is 0 Å². The molecule has 3 heterocycles. The fourth-order valence-electron chi connectivity index (χ4n) is 8.18. The fourth-order valence-corrected chi connectivity index (χ4v) is 8.18. The third-order valence-corrected chi connectivity index (χ3v) is 10.9. The zero-order valence-electron chi connectivity index (χ0n) is 31.4. The van der Waals surface area contributed by atoms with Gasteiger partial charge in [0.1, 0.15) is 12.2 Å². The smallest absolute Gasteiger partial charge is 0.308 e. The first-order valence-corrected chi connectivity index (χ1v) is 18.5. The number of ketones is 1. The molecule has 14 atom stereocenters. The molecule has 3 aliphatic heterocycles. The van der Waals surface area contributed by atoms with Crippen LogP contribution in [-0.2, 0) is 23.8 Å². The van der Waals surface area contributed by atoms with E-state index in [9.17, 15) is 30.0 Å². The van der Waals surface area contributed by atoms with E-state index >= 15 is 0 Å². The molecule has 0 aromatic heterocycles. The first kappa shape index (κ1) is 41.7. The molecule has 0 amide bonds. The summed E-state index contributed by atoms with van der Waals surface area (Å²) in [5, 5.41) is 44.1. The molecule has 3 aliphatic rings. The summed E-state index contributed by atoms with van der Waals surface area (Å²) in [6, 6.07) is -0.655. The molecule has 11 heteroatoms. The highest BCUT2D eigenvalue weighted by Gasteiger charge is 2.47. The molecule has 0 radical (unpaired) electrons. The number of aliphatic hydroxyl groups is 4. The lowest BCUT2D eigenvalue weighted by molar-refractivity contribution is -0.304. The average Bonchev–Trinajstić information content (AvgIpc) is 3.03. The van der Waals surface area contributed by atoms with Crippen LogP contribution >= 0.6 is 0 Å². The Labute approximate surface area is 294 Å². The van der Waals surface area contributed by atoms with Gasteiger partial charge in [-0.25, -0.2) is 0 Å². The average molecular weight is 695 g/mol. The highest BCUT2D eigenvalue weighted by atomic mass is 16.7. The molecule has 0 aromatic carbocycles. The first-order chi connectivity index (χ1) is 23.1. The predicted octanol–water partition coefficient (Wildman–Crippen LogP) is 3.18. The number of likely N-dealkylation sites (tertiary alicyclic amines) is 1. The number of rotatable bonds is 8. The van der Waals surface area contributed by atoms with Gasteiger partial charge in [-0.15, -0.1) is 0 Å². The van der Waals surface area contributed by atoms with E-state index in [2.05, 4.69) is 18.7 Å². The Hall–Kier alpha value is -1.70. The highest BCUT2D eigenvalue weighted by molar-refractivity contribution is 5.91.